The summed E-state index contributed by atoms with van der Waals surface area (Å²) >= 11 is 0. The van der Waals surface area contributed by atoms with Crippen molar-refractivity contribution in [2.75, 3.05) is 23.3 Å². The van der Waals surface area contributed by atoms with Gasteiger partial charge in [0.25, 0.3) is 5.91 Å². The minimum absolute atomic E-state index is 0. The molecule has 2 aromatic rings. The maximum Gasteiger partial charge on any atom is 0.255 e. The molecular weight excluding hydrogens is 381 g/mol. The molecule has 0 bridgehead atoms. The number of nitrogens with two attached hydrogens (primary N) is 1. The third kappa shape index (κ3) is 5.16. The van der Waals surface area contributed by atoms with Crippen LogP contribution < -0.4 is 16.0 Å². The van der Waals surface area contributed by atoms with Crippen LogP contribution in [-0.4, -0.2) is 25.0 Å². The van der Waals surface area contributed by atoms with Crippen LogP contribution in [0, 0.1) is 0 Å². The molecule has 2 fully saturated rings. The van der Waals surface area contributed by atoms with Gasteiger partial charge in [-0.25, -0.2) is 0 Å². The van der Waals surface area contributed by atoms with Gasteiger partial charge < -0.3 is 16.0 Å². The molecule has 0 spiro atoms. The molecule has 1 aliphatic carbocycles. The first-order valence-electron chi connectivity index (χ1n) is 9.22. The highest BCUT2D eigenvalue weighted by Crippen LogP contribution is 2.39. The Morgan fingerprint density at radius 3 is 2.30 bits per heavy atom. The zero-order valence-corrected chi connectivity index (χ0v) is 16.9. The lowest BCUT2D eigenvalue weighted by Gasteiger charge is -2.29. The zero-order chi connectivity index (χ0) is 17.2. The Bertz CT molecular complexity index is 760. The van der Waals surface area contributed by atoms with Crippen LogP contribution in [0.4, 0.5) is 11.4 Å². The minimum Gasteiger partial charge on any atom is -0.372 e. The van der Waals surface area contributed by atoms with Gasteiger partial charge in [-0.05, 0) is 61.6 Å². The van der Waals surface area contributed by atoms with E-state index in [0.29, 0.717) is 17.5 Å². The van der Waals surface area contributed by atoms with E-state index in [1.165, 1.54) is 24.8 Å². The average Bonchev–Trinajstić information content (AvgIpc) is 3.40. The number of benzene rings is 2. The summed E-state index contributed by atoms with van der Waals surface area (Å²) in [6.07, 6.45) is 4.83. The van der Waals surface area contributed by atoms with Crippen LogP contribution in [0.2, 0.25) is 0 Å². The third-order valence-corrected chi connectivity index (χ3v) is 5.27. The van der Waals surface area contributed by atoms with Gasteiger partial charge in [0, 0.05) is 42.0 Å². The van der Waals surface area contributed by atoms with Gasteiger partial charge in [0.2, 0.25) is 0 Å². The number of rotatable bonds is 4. The van der Waals surface area contributed by atoms with Crippen LogP contribution in [0.3, 0.4) is 0 Å². The summed E-state index contributed by atoms with van der Waals surface area (Å²) in [6.45, 7) is 2.16. The molecule has 1 saturated heterocycles. The fourth-order valence-corrected chi connectivity index (χ4v) is 3.61. The largest absolute Gasteiger partial charge is 0.372 e. The van der Waals surface area contributed by atoms with Crippen LogP contribution in [0.5, 0.6) is 0 Å². The Morgan fingerprint density at radius 2 is 1.67 bits per heavy atom. The number of halogens is 2. The van der Waals surface area contributed by atoms with Gasteiger partial charge in [-0.2, -0.15) is 0 Å². The summed E-state index contributed by atoms with van der Waals surface area (Å²) in [6, 6.07) is 16.3. The Labute approximate surface area is 173 Å². The Hall–Kier alpha value is -1.75. The molecule has 2 aromatic carbocycles. The molecule has 0 aromatic heterocycles. The Kier molecular flexibility index (Phi) is 7.54. The van der Waals surface area contributed by atoms with Crippen molar-refractivity contribution in [3.05, 3.63) is 59.7 Å². The molecule has 146 valence electrons. The van der Waals surface area contributed by atoms with E-state index in [1.807, 2.05) is 30.3 Å². The molecule has 2 atom stereocenters. The summed E-state index contributed by atoms with van der Waals surface area (Å²) in [4.78, 5) is 15.0. The van der Waals surface area contributed by atoms with E-state index in [9.17, 15) is 4.79 Å². The van der Waals surface area contributed by atoms with Crippen molar-refractivity contribution in [1.29, 1.82) is 0 Å². The number of nitrogens with zero attached hydrogens (tertiary/aromatic N) is 1. The molecular formula is C21H27Cl2N3O. The maximum atomic E-state index is 12.6. The Balaban J connectivity index is 0.00000131. The number of hydrogen-bond donors (Lipinski definition) is 2. The highest BCUT2D eigenvalue weighted by molar-refractivity contribution is 6.04. The second-order valence-corrected chi connectivity index (χ2v) is 7.18. The molecule has 2 aliphatic rings. The molecule has 27 heavy (non-hydrogen) atoms. The number of amides is 1. The lowest BCUT2D eigenvalue weighted by molar-refractivity contribution is 0.102. The van der Waals surface area contributed by atoms with Gasteiger partial charge in [-0.1, -0.05) is 18.2 Å². The smallest absolute Gasteiger partial charge is 0.255 e. The fraction of sp³-hybridized carbons (Fsp3) is 0.381. The second kappa shape index (κ2) is 9.45. The highest BCUT2D eigenvalue weighted by atomic mass is 35.5. The van der Waals surface area contributed by atoms with Crippen molar-refractivity contribution in [1.82, 2.24) is 0 Å². The van der Waals surface area contributed by atoms with Crippen molar-refractivity contribution in [2.45, 2.75) is 37.6 Å². The third-order valence-electron chi connectivity index (χ3n) is 5.27. The molecule has 3 N–H and O–H groups in total. The van der Waals surface area contributed by atoms with Crippen molar-refractivity contribution >= 4 is 42.1 Å². The predicted octanol–water partition coefficient (Wildman–Crippen LogP) is 4.59. The van der Waals surface area contributed by atoms with Crippen molar-refractivity contribution < 1.29 is 4.79 Å². The molecule has 4 rings (SSSR count). The lowest BCUT2D eigenvalue weighted by Crippen LogP contribution is -2.29. The topological polar surface area (TPSA) is 58.4 Å². The lowest BCUT2D eigenvalue weighted by atomic mass is 10.1. The molecule has 6 heteroatoms. The molecule has 1 saturated carbocycles. The van der Waals surface area contributed by atoms with Crippen LogP contribution in [0.15, 0.2) is 48.5 Å². The van der Waals surface area contributed by atoms with Crippen molar-refractivity contribution in [3.8, 4) is 0 Å². The first-order valence-corrected chi connectivity index (χ1v) is 9.22. The fourth-order valence-electron chi connectivity index (χ4n) is 3.61. The SMILES string of the molecule is Cl.Cl.NC1CC1c1ccc(NC(=O)c2cccc(N3CCCCC3)c2)cc1. The number of piperidine rings is 1. The van der Waals surface area contributed by atoms with Crippen molar-refractivity contribution in [3.63, 3.8) is 0 Å². The summed E-state index contributed by atoms with van der Waals surface area (Å²) in [5.74, 6) is 0.431. The highest BCUT2D eigenvalue weighted by Gasteiger charge is 2.34. The van der Waals surface area contributed by atoms with Crippen LogP contribution in [0.25, 0.3) is 0 Å². The first kappa shape index (κ1) is 21.5. The maximum absolute atomic E-state index is 12.6. The number of carbonyl (C=O) groups is 1. The predicted molar refractivity (Wildman–Crippen MR) is 117 cm³/mol. The zero-order valence-electron chi connectivity index (χ0n) is 15.3. The quantitative estimate of drug-likeness (QED) is 0.778. The van der Waals surface area contributed by atoms with Gasteiger partial charge in [0.15, 0.2) is 0 Å². The van der Waals surface area contributed by atoms with E-state index < -0.39 is 0 Å². The van der Waals surface area contributed by atoms with Gasteiger partial charge in [0.05, 0.1) is 0 Å². The summed E-state index contributed by atoms with van der Waals surface area (Å²) in [7, 11) is 0. The molecule has 1 aliphatic heterocycles. The van der Waals surface area contributed by atoms with Gasteiger partial charge >= 0.3 is 0 Å². The standard InChI is InChI=1S/C21H25N3O.2ClH/c22-20-14-19(20)15-7-9-17(10-8-15)23-21(25)16-5-4-6-18(13-16)24-11-2-1-3-12-24;;/h4-10,13,19-20H,1-3,11-12,14,22H2,(H,23,25);2*1H. The Morgan fingerprint density at radius 1 is 1.00 bits per heavy atom. The molecule has 2 unspecified atom stereocenters. The minimum atomic E-state index is -0.0604. The average molecular weight is 408 g/mol. The van der Waals surface area contributed by atoms with E-state index >= 15 is 0 Å². The van der Waals surface area contributed by atoms with E-state index in [-0.39, 0.29) is 30.7 Å². The van der Waals surface area contributed by atoms with Crippen LogP contribution in [0.1, 0.15) is 47.5 Å². The van der Waals surface area contributed by atoms with Gasteiger partial charge in [-0.3, -0.25) is 4.79 Å². The normalized spacial score (nSPS) is 20.9. The number of carbonyl (C=O) groups excluding carboxylic acids is 1. The molecule has 1 heterocycles. The second-order valence-electron chi connectivity index (χ2n) is 7.18. The van der Waals surface area contributed by atoms with Crippen molar-refractivity contribution in [2.24, 2.45) is 5.73 Å². The van der Waals surface area contributed by atoms with E-state index in [2.05, 4.69) is 28.4 Å². The molecule has 0 radical (unpaired) electrons. The number of hydrogen-bond acceptors (Lipinski definition) is 3. The van der Waals surface area contributed by atoms with Crippen LogP contribution in [-0.2, 0) is 0 Å². The van der Waals surface area contributed by atoms with E-state index in [4.69, 9.17) is 5.73 Å². The number of nitrogens with one attached hydrogen (secondary N) is 1. The van der Waals surface area contributed by atoms with Gasteiger partial charge in [0.1, 0.15) is 0 Å². The van der Waals surface area contributed by atoms with E-state index in [0.717, 1.165) is 30.9 Å². The molecule has 4 nitrogen and oxygen atoms in total. The van der Waals surface area contributed by atoms with E-state index in [1.54, 1.807) is 0 Å². The summed E-state index contributed by atoms with van der Waals surface area (Å²) in [5, 5.41) is 3.00. The monoisotopic (exact) mass is 407 g/mol. The summed E-state index contributed by atoms with van der Waals surface area (Å²) in [5.41, 5.74) is 9.83. The first-order chi connectivity index (χ1) is 12.2. The van der Waals surface area contributed by atoms with Gasteiger partial charge in [-0.15, -0.1) is 24.8 Å². The number of anilines is 2. The summed E-state index contributed by atoms with van der Waals surface area (Å²) < 4.78 is 0. The molecule has 1 amide bonds. The van der Waals surface area contributed by atoms with Crippen LogP contribution >= 0.6 is 24.8 Å².